The van der Waals surface area contributed by atoms with Gasteiger partial charge < -0.3 is 4.42 Å². The summed E-state index contributed by atoms with van der Waals surface area (Å²) in [6.07, 6.45) is 0. The van der Waals surface area contributed by atoms with Gasteiger partial charge >= 0.3 is 0 Å². The number of para-hydroxylation sites is 2. The summed E-state index contributed by atoms with van der Waals surface area (Å²) in [5, 5.41) is 12.2. The van der Waals surface area contributed by atoms with Gasteiger partial charge in [-0.15, -0.1) is 0 Å². The third-order valence-electron chi connectivity index (χ3n) is 9.84. The topological polar surface area (TPSA) is 13.1 Å². The van der Waals surface area contributed by atoms with Crippen LogP contribution in [0.1, 0.15) is 0 Å². The second kappa shape index (κ2) is 10.2. The highest BCUT2D eigenvalue weighted by molar-refractivity contribution is 6.26. The molecule has 1 heterocycles. The van der Waals surface area contributed by atoms with Crippen LogP contribution in [0.4, 0.5) is 0 Å². The Morgan fingerprint density at radius 1 is 0.298 bits per heavy atom. The number of fused-ring (bicyclic) bond motifs is 8. The van der Waals surface area contributed by atoms with Crippen molar-refractivity contribution in [2.75, 3.05) is 0 Å². The fourth-order valence-corrected chi connectivity index (χ4v) is 7.77. The van der Waals surface area contributed by atoms with Crippen molar-refractivity contribution in [3.8, 4) is 33.4 Å². The first-order valence-corrected chi connectivity index (χ1v) is 16.2. The van der Waals surface area contributed by atoms with Crippen molar-refractivity contribution < 1.29 is 4.42 Å². The Bertz CT molecular complexity index is 2780. The van der Waals surface area contributed by atoms with Crippen LogP contribution >= 0.6 is 0 Å². The van der Waals surface area contributed by atoms with E-state index in [0.717, 1.165) is 27.5 Å². The Hall–Kier alpha value is -6.18. The summed E-state index contributed by atoms with van der Waals surface area (Å²) in [6.45, 7) is 0. The van der Waals surface area contributed by atoms with Gasteiger partial charge in [-0.3, -0.25) is 0 Å². The van der Waals surface area contributed by atoms with Gasteiger partial charge in [0, 0.05) is 21.9 Å². The van der Waals surface area contributed by atoms with E-state index in [-0.39, 0.29) is 0 Å². The summed E-state index contributed by atoms with van der Waals surface area (Å²) in [4.78, 5) is 0. The summed E-state index contributed by atoms with van der Waals surface area (Å²) in [6, 6.07) is 61.6. The van der Waals surface area contributed by atoms with Crippen molar-refractivity contribution in [2.45, 2.75) is 0 Å². The molecule has 9 aromatic carbocycles. The lowest BCUT2D eigenvalue weighted by Gasteiger charge is -2.21. The number of furan rings is 1. The molecule has 10 rings (SSSR count). The molecule has 0 spiro atoms. The van der Waals surface area contributed by atoms with E-state index < -0.39 is 0 Å². The predicted molar refractivity (Wildman–Crippen MR) is 200 cm³/mol. The zero-order valence-corrected chi connectivity index (χ0v) is 25.6. The molecule has 1 aromatic heterocycles. The molecule has 47 heavy (non-hydrogen) atoms. The Morgan fingerprint density at radius 2 is 0.851 bits per heavy atom. The average Bonchev–Trinajstić information content (AvgIpc) is 3.53. The maximum Gasteiger partial charge on any atom is 0.143 e. The minimum Gasteiger partial charge on any atom is -0.455 e. The van der Waals surface area contributed by atoms with E-state index in [4.69, 9.17) is 4.42 Å². The summed E-state index contributed by atoms with van der Waals surface area (Å²) >= 11 is 0. The van der Waals surface area contributed by atoms with E-state index in [1.165, 1.54) is 70.9 Å². The molecule has 0 N–H and O–H groups in total. The second-order valence-electron chi connectivity index (χ2n) is 12.4. The standard InChI is InChI=1S/C46H28O/c1-2-13-29(14-3-1)40-28-41-31(26-25-30-15-4-5-16-32(30)41)27-42(40)45-36-20-8-6-18-34(36)44(35-19-7-9-21-37(35)45)39-23-12-22-38-33-17-10-11-24-43(33)47-46(38)39/h1-28H. The molecule has 0 radical (unpaired) electrons. The van der Waals surface area contributed by atoms with Crippen LogP contribution in [0.3, 0.4) is 0 Å². The van der Waals surface area contributed by atoms with Gasteiger partial charge in [0.2, 0.25) is 0 Å². The molecule has 0 saturated carbocycles. The van der Waals surface area contributed by atoms with Crippen LogP contribution in [-0.2, 0) is 0 Å². The molecular weight excluding hydrogens is 569 g/mol. The normalized spacial score (nSPS) is 11.8. The molecule has 0 amide bonds. The first-order valence-electron chi connectivity index (χ1n) is 16.2. The molecule has 0 bridgehead atoms. The third kappa shape index (κ3) is 3.90. The van der Waals surface area contributed by atoms with Crippen LogP contribution in [-0.4, -0.2) is 0 Å². The minimum absolute atomic E-state index is 0.913. The summed E-state index contributed by atoms with van der Waals surface area (Å²) in [5.74, 6) is 0. The van der Waals surface area contributed by atoms with Crippen molar-refractivity contribution in [2.24, 2.45) is 0 Å². The monoisotopic (exact) mass is 596 g/mol. The Kier molecular flexibility index (Phi) is 5.64. The molecule has 218 valence electrons. The van der Waals surface area contributed by atoms with Crippen molar-refractivity contribution in [1.82, 2.24) is 0 Å². The zero-order chi connectivity index (χ0) is 30.9. The van der Waals surface area contributed by atoms with Gasteiger partial charge in [-0.25, -0.2) is 0 Å². The van der Waals surface area contributed by atoms with Crippen molar-refractivity contribution in [3.05, 3.63) is 170 Å². The van der Waals surface area contributed by atoms with Gasteiger partial charge in [0.1, 0.15) is 11.2 Å². The molecule has 0 aliphatic carbocycles. The van der Waals surface area contributed by atoms with Crippen molar-refractivity contribution in [1.29, 1.82) is 0 Å². The zero-order valence-electron chi connectivity index (χ0n) is 25.6. The molecule has 0 atom stereocenters. The van der Waals surface area contributed by atoms with Gasteiger partial charge in [0.15, 0.2) is 0 Å². The highest BCUT2D eigenvalue weighted by atomic mass is 16.3. The van der Waals surface area contributed by atoms with Crippen LogP contribution < -0.4 is 0 Å². The van der Waals surface area contributed by atoms with Gasteiger partial charge in [0.05, 0.1) is 0 Å². The van der Waals surface area contributed by atoms with E-state index in [9.17, 15) is 0 Å². The number of rotatable bonds is 3. The third-order valence-corrected chi connectivity index (χ3v) is 9.84. The first-order chi connectivity index (χ1) is 23.3. The van der Waals surface area contributed by atoms with Crippen molar-refractivity contribution >= 4 is 65.0 Å². The largest absolute Gasteiger partial charge is 0.455 e. The highest BCUT2D eigenvalue weighted by Crippen LogP contribution is 2.49. The lowest BCUT2D eigenvalue weighted by atomic mass is 9.82. The summed E-state index contributed by atoms with van der Waals surface area (Å²) < 4.78 is 6.61. The van der Waals surface area contributed by atoms with Crippen LogP contribution in [0.2, 0.25) is 0 Å². The molecule has 0 unspecified atom stereocenters. The van der Waals surface area contributed by atoms with Crippen LogP contribution in [0.25, 0.3) is 98.4 Å². The Morgan fingerprint density at radius 3 is 1.57 bits per heavy atom. The molecule has 10 aromatic rings. The SMILES string of the molecule is c1ccc(-c2cc3c(ccc4ccccc43)cc2-c2c3ccccc3c(-c3cccc4c3oc3ccccc34)c3ccccc23)cc1. The average molecular weight is 597 g/mol. The first kappa shape index (κ1) is 26.1. The maximum absolute atomic E-state index is 6.61. The Balaban J connectivity index is 1.36. The second-order valence-corrected chi connectivity index (χ2v) is 12.4. The fourth-order valence-electron chi connectivity index (χ4n) is 7.77. The molecule has 0 aliphatic heterocycles. The van der Waals surface area contributed by atoms with Crippen LogP contribution in [0.15, 0.2) is 174 Å². The van der Waals surface area contributed by atoms with E-state index in [1.807, 2.05) is 6.07 Å². The summed E-state index contributed by atoms with van der Waals surface area (Å²) in [5.41, 5.74) is 9.10. The minimum atomic E-state index is 0.913. The predicted octanol–water partition coefficient (Wildman–Crippen LogP) is 13.2. The Labute approximate surface area is 271 Å². The van der Waals surface area contributed by atoms with E-state index in [0.29, 0.717) is 0 Å². The van der Waals surface area contributed by atoms with Gasteiger partial charge in [-0.1, -0.05) is 152 Å². The van der Waals surface area contributed by atoms with E-state index >= 15 is 0 Å². The smallest absolute Gasteiger partial charge is 0.143 e. The number of hydrogen-bond acceptors (Lipinski definition) is 1. The lowest BCUT2D eigenvalue weighted by molar-refractivity contribution is 0.670. The number of benzene rings is 9. The molecule has 0 aliphatic rings. The van der Waals surface area contributed by atoms with E-state index in [2.05, 4.69) is 164 Å². The molecule has 1 nitrogen and oxygen atoms in total. The van der Waals surface area contributed by atoms with Crippen LogP contribution in [0, 0.1) is 0 Å². The lowest BCUT2D eigenvalue weighted by Crippen LogP contribution is -1.93. The van der Waals surface area contributed by atoms with Crippen molar-refractivity contribution in [3.63, 3.8) is 0 Å². The quantitative estimate of drug-likeness (QED) is 0.146. The molecule has 0 fully saturated rings. The highest BCUT2D eigenvalue weighted by Gasteiger charge is 2.22. The molecular formula is C46H28O. The fraction of sp³-hybridized carbons (Fsp3) is 0. The van der Waals surface area contributed by atoms with Gasteiger partial charge in [0.25, 0.3) is 0 Å². The molecule has 1 heteroatoms. The molecule has 0 saturated heterocycles. The van der Waals surface area contributed by atoms with Gasteiger partial charge in [-0.2, -0.15) is 0 Å². The summed E-state index contributed by atoms with van der Waals surface area (Å²) in [7, 11) is 0. The van der Waals surface area contributed by atoms with Crippen LogP contribution in [0.5, 0.6) is 0 Å². The number of hydrogen-bond donors (Lipinski definition) is 0. The maximum atomic E-state index is 6.61. The van der Waals surface area contributed by atoms with E-state index in [1.54, 1.807) is 0 Å². The van der Waals surface area contributed by atoms with Gasteiger partial charge in [-0.05, 0) is 83.5 Å².